The third-order valence-electron chi connectivity index (χ3n) is 7.60. The molecular weight excluding hydrogens is 494 g/mol. The third-order valence-corrected chi connectivity index (χ3v) is 7.60. The van der Waals surface area contributed by atoms with Gasteiger partial charge in [0.1, 0.15) is 11.5 Å². The summed E-state index contributed by atoms with van der Waals surface area (Å²) in [4.78, 5) is 14.4. The van der Waals surface area contributed by atoms with Crippen LogP contribution in [-0.2, 0) is 0 Å². The summed E-state index contributed by atoms with van der Waals surface area (Å²) in [5, 5.41) is 2.59. The Bertz CT molecular complexity index is 2070. The topological polar surface area (TPSA) is 39.9 Å². The first-order valence-electron chi connectivity index (χ1n) is 13.3. The van der Waals surface area contributed by atoms with Gasteiger partial charge in [-0.1, -0.05) is 77.9 Å². The lowest BCUT2D eigenvalue weighted by Gasteiger charge is -2.13. The van der Waals surface area contributed by atoms with Crippen molar-refractivity contribution in [2.24, 2.45) is 0 Å². The molecule has 5 aromatic carbocycles. The van der Waals surface area contributed by atoms with E-state index >= 15 is 0 Å². The Balaban J connectivity index is 1.69. The number of methoxy groups -OCH3 is 1. The number of fused-ring (bicyclic) bond motifs is 2. The fourth-order valence-corrected chi connectivity index (χ4v) is 5.64. The second-order valence-corrected chi connectivity index (χ2v) is 10.3. The van der Waals surface area contributed by atoms with Crippen molar-refractivity contribution in [3.63, 3.8) is 0 Å². The van der Waals surface area contributed by atoms with Gasteiger partial charge >= 0.3 is 0 Å². The van der Waals surface area contributed by atoms with E-state index in [1.165, 1.54) is 5.56 Å². The number of aryl methyl sites for hydroxylation is 2. The molecule has 0 bridgehead atoms. The Labute approximate surface area is 232 Å². The Kier molecular flexibility index (Phi) is 5.56. The quantitative estimate of drug-likeness (QED) is 0.213. The van der Waals surface area contributed by atoms with Gasteiger partial charge in [0, 0.05) is 16.3 Å². The molecule has 0 saturated heterocycles. The first kappa shape index (κ1) is 24.0. The van der Waals surface area contributed by atoms with Gasteiger partial charge in [-0.25, -0.2) is 0 Å². The summed E-state index contributed by atoms with van der Waals surface area (Å²) in [7, 11) is 1.68. The van der Waals surface area contributed by atoms with Gasteiger partial charge in [-0.05, 0) is 67.4 Å². The van der Waals surface area contributed by atoms with Crippen LogP contribution in [0.5, 0.6) is 17.2 Å². The molecule has 0 N–H and O–H groups in total. The summed E-state index contributed by atoms with van der Waals surface area (Å²) < 4.78 is 14.0. The van der Waals surface area contributed by atoms with Crippen molar-refractivity contribution in [1.29, 1.82) is 0 Å². The molecule has 0 saturated carbocycles. The molecule has 0 fully saturated rings. The van der Waals surface area contributed by atoms with Crippen LogP contribution in [0.25, 0.3) is 49.6 Å². The molecule has 4 nitrogen and oxygen atoms in total. The van der Waals surface area contributed by atoms with E-state index in [0.717, 1.165) is 55.5 Å². The molecule has 0 aliphatic rings. The largest absolute Gasteiger partial charge is 0.497 e. The van der Waals surface area contributed by atoms with Crippen molar-refractivity contribution in [3.05, 3.63) is 131 Å². The Hall–Kier alpha value is -5.09. The second-order valence-electron chi connectivity index (χ2n) is 10.3. The van der Waals surface area contributed by atoms with Gasteiger partial charge < -0.3 is 13.9 Å². The lowest BCUT2D eigenvalue weighted by atomic mass is 9.96. The molecule has 2 aromatic heterocycles. The highest BCUT2D eigenvalue weighted by Crippen LogP contribution is 2.44. The highest BCUT2D eigenvalue weighted by molar-refractivity contribution is 6.14. The van der Waals surface area contributed by atoms with Crippen LogP contribution >= 0.6 is 0 Å². The zero-order valence-corrected chi connectivity index (χ0v) is 22.6. The van der Waals surface area contributed by atoms with Gasteiger partial charge in [-0.3, -0.25) is 4.79 Å². The fourth-order valence-electron chi connectivity index (χ4n) is 5.64. The lowest BCUT2D eigenvalue weighted by Crippen LogP contribution is -2.06. The summed E-state index contributed by atoms with van der Waals surface area (Å²) in [6, 6.07) is 36.4. The maximum atomic E-state index is 14.4. The lowest BCUT2D eigenvalue weighted by molar-refractivity contribution is 0.415. The van der Waals surface area contributed by atoms with Crippen molar-refractivity contribution >= 4 is 27.2 Å². The molecular formula is C36H27NO3. The third kappa shape index (κ3) is 3.80. The van der Waals surface area contributed by atoms with Crippen LogP contribution in [0, 0.1) is 13.8 Å². The Morgan fingerprint density at radius 2 is 1.32 bits per heavy atom. The number of para-hydroxylation sites is 1. The SMILES string of the molecule is COc1ccc2c(c1)cc1cc(Oc3ccccc3)c(=O)c3c(-c4ccc(C)cc4)c(-c4ccc(C)cc4)n2c13. The Morgan fingerprint density at radius 1 is 0.650 bits per heavy atom. The number of hydrogen-bond donors (Lipinski definition) is 0. The van der Waals surface area contributed by atoms with Gasteiger partial charge in [0.2, 0.25) is 5.43 Å². The molecule has 7 aromatic rings. The van der Waals surface area contributed by atoms with Crippen molar-refractivity contribution in [3.8, 4) is 39.6 Å². The number of ether oxygens (including phenoxy) is 2. The van der Waals surface area contributed by atoms with Crippen molar-refractivity contribution in [2.75, 3.05) is 7.11 Å². The second kappa shape index (κ2) is 9.28. The minimum Gasteiger partial charge on any atom is -0.497 e. The first-order chi connectivity index (χ1) is 19.5. The molecule has 0 radical (unpaired) electrons. The maximum absolute atomic E-state index is 14.4. The molecule has 194 valence electrons. The van der Waals surface area contributed by atoms with Gasteiger partial charge in [0.25, 0.3) is 0 Å². The van der Waals surface area contributed by atoms with E-state index in [9.17, 15) is 4.79 Å². The molecule has 0 atom stereocenters. The number of benzene rings is 5. The molecule has 7 rings (SSSR count). The molecule has 0 amide bonds. The first-order valence-corrected chi connectivity index (χ1v) is 13.3. The number of nitrogens with zero attached hydrogens (tertiary/aromatic N) is 1. The van der Waals surface area contributed by atoms with Gasteiger partial charge in [-0.15, -0.1) is 0 Å². The minimum atomic E-state index is -0.129. The molecule has 40 heavy (non-hydrogen) atoms. The molecule has 0 aliphatic heterocycles. The monoisotopic (exact) mass is 521 g/mol. The van der Waals surface area contributed by atoms with Crippen LogP contribution in [0.3, 0.4) is 0 Å². The van der Waals surface area contributed by atoms with Crippen LogP contribution in [-0.4, -0.2) is 11.5 Å². The molecule has 0 unspecified atom stereocenters. The van der Waals surface area contributed by atoms with Crippen molar-refractivity contribution in [1.82, 2.24) is 4.40 Å². The van der Waals surface area contributed by atoms with E-state index in [4.69, 9.17) is 9.47 Å². The standard InChI is InChI=1S/C36H27NO3/c1-22-9-13-24(14-10-22)32-33-35-27(21-31(36(33)38)40-28-7-5-4-6-8-28)19-26-20-29(39-3)17-18-30(26)37(35)34(32)25-15-11-23(2)12-16-25/h4-21H,1-3H3. The number of rotatable bonds is 5. The Morgan fingerprint density at radius 3 is 2.00 bits per heavy atom. The average Bonchev–Trinajstić information content (AvgIpc) is 3.34. The highest BCUT2D eigenvalue weighted by atomic mass is 16.5. The summed E-state index contributed by atoms with van der Waals surface area (Å²) in [6.07, 6.45) is 0. The zero-order valence-electron chi connectivity index (χ0n) is 22.6. The summed E-state index contributed by atoms with van der Waals surface area (Å²) in [6.45, 7) is 4.16. The summed E-state index contributed by atoms with van der Waals surface area (Å²) in [5.74, 6) is 1.70. The molecule has 0 aliphatic carbocycles. The van der Waals surface area contributed by atoms with Gasteiger partial charge in [0.05, 0.1) is 29.2 Å². The summed E-state index contributed by atoms with van der Waals surface area (Å²) >= 11 is 0. The van der Waals surface area contributed by atoms with E-state index in [1.807, 2.05) is 48.5 Å². The van der Waals surface area contributed by atoms with Crippen LogP contribution in [0.1, 0.15) is 11.1 Å². The number of pyridine rings is 1. The highest BCUT2D eigenvalue weighted by Gasteiger charge is 2.26. The predicted molar refractivity (Wildman–Crippen MR) is 163 cm³/mol. The van der Waals surface area contributed by atoms with E-state index in [1.54, 1.807) is 7.11 Å². The van der Waals surface area contributed by atoms with Crippen LogP contribution < -0.4 is 14.9 Å². The smallest absolute Gasteiger partial charge is 0.231 e. The molecule has 2 heterocycles. The van der Waals surface area contributed by atoms with Crippen molar-refractivity contribution < 1.29 is 9.47 Å². The predicted octanol–water partition coefficient (Wildman–Crippen LogP) is 8.80. The fraction of sp³-hybridized carbons (Fsp3) is 0.0833. The number of hydrogen-bond acceptors (Lipinski definition) is 3. The zero-order chi connectivity index (χ0) is 27.4. The van der Waals surface area contributed by atoms with Crippen LogP contribution in [0.15, 0.2) is 114 Å². The molecule has 0 spiro atoms. The van der Waals surface area contributed by atoms with E-state index in [0.29, 0.717) is 16.9 Å². The van der Waals surface area contributed by atoms with Crippen LogP contribution in [0.4, 0.5) is 0 Å². The van der Waals surface area contributed by atoms with Crippen LogP contribution in [0.2, 0.25) is 0 Å². The summed E-state index contributed by atoms with van der Waals surface area (Å²) in [5.41, 5.74) is 8.01. The minimum absolute atomic E-state index is 0.129. The van der Waals surface area contributed by atoms with E-state index in [2.05, 4.69) is 78.9 Å². The van der Waals surface area contributed by atoms with E-state index < -0.39 is 0 Å². The van der Waals surface area contributed by atoms with E-state index in [-0.39, 0.29) is 5.43 Å². The van der Waals surface area contributed by atoms with Gasteiger partial charge in [0.15, 0.2) is 5.75 Å². The van der Waals surface area contributed by atoms with Gasteiger partial charge in [-0.2, -0.15) is 0 Å². The molecule has 4 heteroatoms. The normalized spacial score (nSPS) is 11.5. The average molecular weight is 522 g/mol. The maximum Gasteiger partial charge on any atom is 0.231 e. The number of aromatic nitrogens is 1. The van der Waals surface area contributed by atoms with Crippen molar-refractivity contribution in [2.45, 2.75) is 13.8 Å².